The SMILES string of the molecule is c1nc2nc(n1)NCN2. The maximum atomic E-state index is 3.93. The Hall–Kier alpha value is -1.39. The third kappa shape index (κ3) is 0.658. The molecule has 0 amide bonds. The normalized spacial score (nSPS) is 13.8. The van der Waals surface area contributed by atoms with Crippen molar-refractivity contribution in [3.05, 3.63) is 6.33 Å². The molecule has 0 aliphatic carbocycles. The molecule has 1 aliphatic rings. The van der Waals surface area contributed by atoms with E-state index in [9.17, 15) is 0 Å². The number of anilines is 2. The molecule has 46 valence electrons. The molecule has 0 spiro atoms. The molecule has 1 aliphatic heterocycles. The molecule has 5 heteroatoms. The van der Waals surface area contributed by atoms with E-state index >= 15 is 0 Å². The predicted molar refractivity (Wildman–Crippen MR) is 31.9 cm³/mol. The molecule has 0 aromatic carbocycles. The van der Waals surface area contributed by atoms with Gasteiger partial charge in [0.1, 0.15) is 6.33 Å². The standard InChI is InChI=1S/C4H5N5/c1-5-3-7-2-8-4(6-1)9-3/h1H,2H2,(H2,5,6,7,8,9). The monoisotopic (exact) mass is 123 g/mol. The predicted octanol–water partition coefficient (Wildman–Crippen LogP) is -0.334. The summed E-state index contributed by atoms with van der Waals surface area (Å²) in [4.78, 5) is 11.6. The van der Waals surface area contributed by atoms with Crippen LogP contribution < -0.4 is 10.6 Å². The maximum absolute atomic E-state index is 3.93. The maximum Gasteiger partial charge on any atom is 0.228 e. The first-order valence-corrected chi connectivity index (χ1v) is 2.62. The first-order chi connectivity index (χ1) is 4.45. The zero-order valence-corrected chi connectivity index (χ0v) is 4.63. The highest BCUT2D eigenvalue weighted by Gasteiger charge is 2.03. The van der Waals surface area contributed by atoms with E-state index in [1.807, 2.05) is 0 Å². The highest BCUT2D eigenvalue weighted by Crippen LogP contribution is 2.04. The second kappa shape index (κ2) is 1.54. The van der Waals surface area contributed by atoms with Crippen molar-refractivity contribution in [1.29, 1.82) is 0 Å². The summed E-state index contributed by atoms with van der Waals surface area (Å²) in [5.74, 6) is 1.28. The van der Waals surface area contributed by atoms with Gasteiger partial charge in [-0.1, -0.05) is 0 Å². The lowest BCUT2D eigenvalue weighted by atomic mass is 10.7. The van der Waals surface area contributed by atoms with Gasteiger partial charge >= 0.3 is 0 Å². The van der Waals surface area contributed by atoms with Crippen LogP contribution in [0.15, 0.2) is 6.33 Å². The number of hydrogen-bond donors (Lipinski definition) is 2. The van der Waals surface area contributed by atoms with Crippen LogP contribution in [-0.4, -0.2) is 21.6 Å². The number of fused-ring (bicyclic) bond motifs is 2. The van der Waals surface area contributed by atoms with E-state index in [4.69, 9.17) is 0 Å². The first-order valence-electron chi connectivity index (χ1n) is 2.62. The summed E-state index contributed by atoms with van der Waals surface area (Å²) in [7, 11) is 0. The summed E-state index contributed by atoms with van der Waals surface area (Å²) in [6, 6.07) is 0. The fourth-order valence-corrected chi connectivity index (χ4v) is 0.669. The van der Waals surface area contributed by atoms with Crippen molar-refractivity contribution in [2.45, 2.75) is 0 Å². The molecule has 1 aromatic rings. The summed E-state index contributed by atoms with van der Waals surface area (Å²) >= 11 is 0. The zero-order chi connectivity index (χ0) is 6.10. The van der Waals surface area contributed by atoms with Crippen molar-refractivity contribution in [3.63, 3.8) is 0 Å². The molecule has 2 heterocycles. The molecule has 0 fully saturated rings. The second-order valence-corrected chi connectivity index (χ2v) is 1.66. The molecule has 9 heavy (non-hydrogen) atoms. The molecule has 2 N–H and O–H groups in total. The molecule has 0 saturated carbocycles. The van der Waals surface area contributed by atoms with Gasteiger partial charge in [0.25, 0.3) is 0 Å². The lowest BCUT2D eigenvalue weighted by molar-refractivity contribution is 0.957. The Morgan fingerprint density at radius 2 is 1.89 bits per heavy atom. The van der Waals surface area contributed by atoms with E-state index in [0.29, 0.717) is 18.6 Å². The molecule has 2 rings (SSSR count). The average molecular weight is 123 g/mol. The Morgan fingerprint density at radius 1 is 1.22 bits per heavy atom. The summed E-state index contributed by atoms with van der Waals surface area (Å²) < 4.78 is 0. The third-order valence-electron chi connectivity index (χ3n) is 1.06. The van der Waals surface area contributed by atoms with Crippen molar-refractivity contribution >= 4 is 11.9 Å². The highest BCUT2D eigenvalue weighted by molar-refractivity contribution is 5.38. The Bertz CT molecular complexity index is 203. The van der Waals surface area contributed by atoms with Gasteiger partial charge in [-0.25, -0.2) is 9.97 Å². The lowest BCUT2D eigenvalue weighted by Gasteiger charge is -2.11. The van der Waals surface area contributed by atoms with E-state index in [-0.39, 0.29) is 0 Å². The van der Waals surface area contributed by atoms with Gasteiger partial charge in [-0.15, -0.1) is 0 Å². The van der Waals surface area contributed by atoms with Gasteiger partial charge in [-0.2, -0.15) is 4.98 Å². The first kappa shape index (κ1) is 4.49. The number of hydrogen-bond acceptors (Lipinski definition) is 5. The Morgan fingerprint density at radius 3 is 2.44 bits per heavy atom. The van der Waals surface area contributed by atoms with Crippen LogP contribution in [-0.2, 0) is 0 Å². The Kier molecular flexibility index (Phi) is 0.769. The highest BCUT2D eigenvalue weighted by atomic mass is 15.3. The van der Waals surface area contributed by atoms with Crippen molar-refractivity contribution in [1.82, 2.24) is 15.0 Å². The van der Waals surface area contributed by atoms with Crippen LogP contribution in [0.4, 0.5) is 11.9 Å². The van der Waals surface area contributed by atoms with Crippen LogP contribution in [0.25, 0.3) is 0 Å². The quantitative estimate of drug-likeness (QED) is 0.494. The van der Waals surface area contributed by atoms with Gasteiger partial charge in [0.15, 0.2) is 0 Å². The molecule has 0 radical (unpaired) electrons. The summed E-state index contributed by atoms with van der Waals surface area (Å²) in [5.41, 5.74) is 0. The minimum absolute atomic E-state index is 0.638. The number of nitrogens with one attached hydrogen (secondary N) is 2. The molecule has 0 saturated heterocycles. The lowest BCUT2D eigenvalue weighted by Crippen LogP contribution is -2.20. The second-order valence-electron chi connectivity index (χ2n) is 1.66. The number of rotatable bonds is 0. The van der Waals surface area contributed by atoms with Crippen molar-refractivity contribution in [2.24, 2.45) is 0 Å². The molecular formula is C4H5N5. The minimum atomic E-state index is 0.638. The average Bonchev–Trinajstić information content (AvgIpc) is 1.88. The van der Waals surface area contributed by atoms with Gasteiger partial charge in [-0.05, 0) is 0 Å². The van der Waals surface area contributed by atoms with Crippen LogP contribution in [0.3, 0.4) is 0 Å². The molecule has 1 aromatic heterocycles. The number of aromatic nitrogens is 3. The molecule has 0 unspecified atom stereocenters. The van der Waals surface area contributed by atoms with Crippen LogP contribution in [0.2, 0.25) is 0 Å². The topological polar surface area (TPSA) is 62.7 Å². The van der Waals surface area contributed by atoms with Gasteiger partial charge in [0.2, 0.25) is 11.9 Å². The van der Waals surface area contributed by atoms with Crippen molar-refractivity contribution in [2.75, 3.05) is 17.3 Å². The van der Waals surface area contributed by atoms with Crippen molar-refractivity contribution < 1.29 is 0 Å². The van der Waals surface area contributed by atoms with E-state index < -0.39 is 0 Å². The van der Waals surface area contributed by atoms with Crippen LogP contribution in [0.1, 0.15) is 0 Å². The summed E-state index contributed by atoms with van der Waals surface area (Å²) in [5, 5.41) is 5.82. The largest absolute Gasteiger partial charge is 0.337 e. The van der Waals surface area contributed by atoms with Crippen LogP contribution in [0, 0.1) is 0 Å². The summed E-state index contributed by atoms with van der Waals surface area (Å²) in [6.45, 7) is 0.662. The number of nitrogens with zero attached hydrogens (tertiary/aromatic N) is 3. The van der Waals surface area contributed by atoms with Crippen molar-refractivity contribution in [3.8, 4) is 0 Å². The van der Waals surface area contributed by atoms with Gasteiger partial charge in [0, 0.05) is 0 Å². The van der Waals surface area contributed by atoms with E-state index in [1.54, 1.807) is 0 Å². The molecule has 2 bridgehead atoms. The molecular weight excluding hydrogens is 118 g/mol. The van der Waals surface area contributed by atoms with Gasteiger partial charge in [0.05, 0.1) is 6.67 Å². The van der Waals surface area contributed by atoms with E-state index in [2.05, 4.69) is 25.6 Å². The third-order valence-corrected chi connectivity index (χ3v) is 1.06. The molecule has 0 atom stereocenters. The van der Waals surface area contributed by atoms with E-state index in [0.717, 1.165) is 0 Å². The van der Waals surface area contributed by atoms with E-state index in [1.165, 1.54) is 6.33 Å². The zero-order valence-electron chi connectivity index (χ0n) is 4.63. The Balaban J connectivity index is 2.53. The minimum Gasteiger partial charge on any atom is -0.337 e. The molecule has 5 nitrogen and oxygen atoms in total. The fraction of sp³-hybridized carbons (Fsp3) is 0.250. The van der Waals surface area contributed by atoms with Gasteiger partial charge < -0.3 is 10.6 Å². The smallest absolute Gasteiger partial charge is 0.228 e. The Labute approximate surface area is 51.5 Å². The van der Waals surface area contributed by atoms with Gasteiger partial charge in [-0.3, -0.25) is 0 Å². The fourth-order valence-electron chi connectivity index (χ4n) is 0.669. The summed E-state index contributed by atoms with van der Waals surface area (Å²) in [6.07, 6.45) is 1.47. The van der Waals surface area contributed by atoms with Crippen LogP contribution in [0.5, 0.6) is 0 Å². The van der Waals surface area contributed by atoms with Crippen LogP contribution >= 0.6 is 0 Å².